The number of carbonyl (C=O) groups is 2. The molecule has 0 unspecified atom stereocenters. The molecule has 0 atom stereocenters. The Hall–Kier alpha value is -1.07. The van der Waals surface area contributed by atoms with Gasteiger partial charge in [0.05, 0.1) is 0 Å². The predicted molar refractivity (Wildman–Crippen MR) is 32.1 cm³/mol. The molecule has 0 aliphatic heterocycles. The first-order valence-corrected chi connectivity index (χ1v) is 3.19. The van der Waals surface area contributed by atoms with E-state index in [4.69, 9.17) is 0 Å². The number of ether oxygens (including phenoxy) is 1. The largest absolute Gasteiger partial charge is 0.575 e. The van der Waals surface area contributed by atoms with Crippen molar-refractivity contribution in [1.29, 1.82) is 0 Å². The summed E-state index contributed by atoms with van der Waals surface area (Å²) in [5, 5.41) is 0. The molecule has 3 nitrogen and oxygen atoms in total. The third-order valence-corrected chi connectivity index (χ3v) is 0.913. The maximum absolute atomic E-state index is 11.3. The number of Topliss-reactive ketones (excluding diaryl/α,β-unsaturated/α-hetero) is 1. The summed E-state index contributed by atoms with van der Waals surface area (Å²) in [6.45, 7) is 1.57. The molecule has 0 spiro atoms. The van der Waals surface area contributed by atoms with Crippen LogP contribution in [-0.2, 0) is 14.3 Å². The number of rotatable bonds is 3. The van der Waals surface area contributed by atoms with Crippen LogP contribution in [0.3, 0.4) is 0 Å². The number of halogens is 3. The van der Waals surface area contributed by atoms with Crippen molar-refractivity contribution in [3.8, 4) is 0 Å². The summed E-state index contributed by atoms with van der Waals surface area (Å²) < 4.78 is 36.8. The minimum Gasteiger partial charge on any atom is -0.367 e. The van der Waals surface area contributed by atoms with Crippen LogP contribution in [0.2, 0.25) is 0 Å². The minimum absolute atomic E-state index is 0.227. The second-order valence-corrected chi connectivity index (χ2v) is 2.01. The van der Waals surface area contributed by atoms with Gasteiger partial charge in [0.1, 0.15) is 0 Å². The number of esters is 1. The Morgan fingerprint density at radius 1 is 1.33 bits per heavy atom. The molecule has 0 radical (unpaired) electrons. The Morgan fingerprint density at radius 3 is 2.17 bits per heavy atom. The maximum Gasteiger partial charge on any atom is 0.575 e. The van der Waals surface area contributed by atoms with Gasteiger partial charge < -0.3 is 4.74 Å². The summed E-state index contributed by atoms with van der Waals surface area (Å²) in [5.74, 6) is -3.00. The van der Waals surface area contributed by atoms with Gasteiger partial charge in [-0.15, -0.1) is 13.2 Å². The molecule has 0 aliphatic carbocycles. The van der Waals surface area contributed by atoms with E-state index in [0.717, 1.165) is 0 Å². The maximum atomic E-state index is 11.3. The fourth-order valence-corrected chi connectivity index (χ4v) is 0.491. The first-order chi connectivity index (χ1) is 5.37. The van der Waals surface area contributed by atoms with Crippen molar-refractivity contribution in [2.75, 3.05) is 0 Å². The Labute approximate surface area is 66.5 Å². The molecule has 0 saturated carbocycles. The van der Waals surface area contributed by atoms with Crippen molar-refractivity contribution in [2.45, 2.75) is 26.1 Å². The van der Waals surface area contributed by atoms with Crippen LogP contribution in [-0.4, -0.2) is 18.1 Å². The molecule has 0 aromatic carbocycles. The lowest BCUT2D eigenvalue weighted by molar-refractivity contribution is -0.303. The van der Waals surface area contributed by atoms with Crippen LogP contribution < -0.4 is 0 Å². The van der Waals surface area contributed by atoms with Crippen molar-refractivity contribution in [1.82, 2.24) is 0 Å². The summed E-state index contributed by atoms with van der Waals surface area (Å²) in [6, 6.07) is 0. The second-order valence-electron chi connectivity index (χ2n) is 2.01. The van der Waals surface area contributed by atoms with Crippen LogP contribution >= 0.6 is 0 Å². The van der Waals surface area contributed by atoms with Gasteiger partial charge in [0.25, 0.3) is 0 Å². The predicted octanol–water partition coefficient (Wildman–Crippen LogP) is 1.42. The molecule has 6 heteroatoms. The van der Waals surface area contributed by atoms with Gasteiger partial charge >= 0.3 is 12.3 Å². The molecule has 0 aromatic rings. The number of carbonyl (C=O) groups excluding carboxylic acids is 2. The van der Waals surface area contributed by atoms with Crippen LogP contribution in [0.4, 0.5) is 13.2 Å². The molecule has 0 amide bonds. The van der Waals surface area contributed by atoms with E-state index in [1.165, 1.54) is 0 Å². The molecule has 12 heavy (non-hydrogen) atoms. The van der Waals surface area contributed by atoms with Gasteiger partial charge in [-0.1, -0.05) is 6.92 Å². The SMILES string of the molecule is CCCC(=O)C(=O)OC(F)(F)F. The fraction of sp³-hybridized carbons (Fsp3) is 0.667. The zero-order valence-corrected chi connectivity index (χ0v) is 6.27. The van der Waals surface area contributed by atoms with Crippen molar-refractivity contribution in [2.24, 2.45) is 0 Å². The third-order valence-electron chi connectivity index (χ3n) is 0.913. The van der Waals surface area contributed by atoms with Gasteiger partial charge in [0.15, 0.2) is 0 Å². The Balaban J connectivity index is 3.97. The molecule has 0 aliphatic rings. The van der Waals surface area contributed by atoms with E-state index in [9.17, 15) is 22.8 Å². The normalized spacial score (nSPS) is 11.0. The zero-order valence-electron chi connectivity index (χ0n) is 6.27. The lowest BCUT2D eigenvalue weighted by Gasteiger charge is -2.04. The van der Waals surface area contributed by atoms with Crippen molar-refractivity contribution in [3.63, 3.8) is 0 Å². The van der Waals surface area contributed by atoms with Crippen LogP contribution in [0.1, 0.15) is 19.8 Å². The van der Waals surface area contributed by atoms with Crippen LogP contribution in [0, 0.1) is 0 Å². The number of ketones is 1. The van der Waals surface area contributed by atoms with Crippen LogP contribution in [0.15, 0.2) is 0 Å². The molecular formula is C6H7F3O3. The lowest BCUT2D eigenvalue weighted by Crippen LogP contribution is -2.25. The van der Waals surface area contributed by atoms with E-state index in [1.807, 2.05) is 0 Å². The smallest absolute Gasteiger partial charge is 0.367 e. The Morgan fingerprint density at radius 2 is 1.83 bits per heavy atom. The summed E-state index contributed by atoms with van der Waals surface area (Å²) in [6.07, 6.45) is -4.98. The van der Waals surface area contributed by atoms with E-state index >= 15 is 0 Å². The van der Waals surface area contributed by atoms with E-state index < -0.39 is 18.1 Å². The number of hydrogen-bond donors (Lipinski definition) is 0. The molecule has 0 aromatic heterocycles. The fourth-order valence-electron chi connectivity index (χ4n) is 0.491. The van der Waals surface area contributed by atoms with Gasteiger partial charge in [0, 0.05) is 6.42 Å². The molecule has 0 N–H and O–H groups in total. The van der Waals surface area contributed by atoms with Gasteiger partial charge in [-0.3, -0.25) is 4.79 Å². The van der Waals surface area contributed by atoms with Crippen LogP contribution in [0.5, 0.6) is 0 Å². The summed E-state index contributed by atoms with van der Waals surface area (Å²) >= 11 is 0. The molecule has 0 saturated heterocycles. The summed E-state index contributed by atoms with van der Waals surface area (Å²) in [5.41, 5.74) is 0. The minimum atomic E-state index is -5.07. The molecule has 0 bridgehead atoms. The molecule has 0 fully saturated rings. The summed E-state index contributed by atoms with van der Waals surface area (Å²) in [7, 11) is 0. The number of hydrogen-bond acceptors (Lipinski definition) is 3. The van der Waals surface area contributed by atoms with Gasteiger partial charge in [-0.25, -0.2) is 4.79 Å². The Kier molecular flexibility index (Phi) is 3.72. The topological polar surface area (TPSA) is 43.4 Å². The first kappa shape index (κ1) is 10.9. The highest BCUT2D eigenvalue weighted by Crippen LogP contribution is 2.16. The van der Waals surface area contributed by atoms with Gasteiger partial charge in [0.2, 0.25) is 5.78 Å². The Bertz CT molecular complexity index is 185. The van der Waals surface area contributed by atoms with E-state index in [1.54, 1.807) is 6.92 Å². The monoisotopic (exact) mass is 184 g/mol. The highest BCUT2D eigenvalue weighted by Gasteiger charge is 2.36. The average molecular weight is 184 g/mol. The van der Waals surface area contributed by atoms with E-state index in [-0.39, 0.29) is 6.42 Å². The summed E-state index contributed by atoms with van der Waals surface area (Å²) in [4.78, 5) is 20.7. The highest BCUT2D eigenvalue weighted by molar-refractivity contribution is 6.33. The second kappa shape index (κ2) is 4.08. The molecular weight excluding hydrogens is 177 g/mol. The average Bonchev–Trinajstić information content (AvgIpc) is 1.84. The van der Waals surface area contributed by atoms with Gasteiger partial charge in [-0.2, -0.15) is 0 Å². The zero-order chi connectivity index (χ0) is 9.78. The van der Waals surface area contributed by atoms with Crippen molar-refractivity contribution >= 4 is 11.8 Å². The van der Waals surface area contributed by atoms with E-state index in [2.05, 4.69) is 4.74 Å². The third kappa shape index (κ3) is 4.70. The highest BCUT2D eigenvalue weighted by atomic mass is 19.4. The van der Waals surface area contributed by atoms with Crippen LogP contribution in [0.25, 0.3) is 0 Å². The number of alkyl halides is 3. The molecule has 0 heterocycles. The van der Waals surface area contributed by atoms with E-state index in [0.29, 0.717) is 6.42 Å². The first-order valence-electron chi connectivity index (χ1n) is 3.19. The van der Waals surface area contributed by atoms with Crippen molar-refractivity contribution < 1.29 is 27.5 Å². The van der Waals surface area contributed by atoms with Crippen molar-refractivity contribution in [3.05, 3.63) is 0 Å². The lowest BCUT2D eigenvalue weighted by atomic mass is 10.2. The molecule has 70 valence electrons. The standard InChI is InChI=1S/C6H7F3O3/c1-2-3-4(10)5(11)12-6(7,8)9/h2-3H2,1H3. The quantitative estimate of drug-likeness (QED) is 0.492. The van der Waals surface area contributed by atoms with Gasteiger partial charge in [-0.05, 0) is 6.42 Å². The molecule has 0 rings (SSSR count).